The highest BCUT2D eigenvalue weighted by Crippen LogP contribution is 2.40. The van der Waals surface area contributed by atoms with Crippen LogP contribution in [0.3, 0.4) is 0 Å². The zero-order valence-corrected chi connectivity index (χ0v) is 19.7. The Morgan fingerprint density at radius 3 is 2.41 bits per heavy atom. The SMILES string of the molecule is C/N=C\c1ccc(C(=O)NC(CN[C@@H]2C[C@H]2c2ccc(F)cc2)C(=O)N2CCN(C)CC2)cc1. The van der Waals surface area contributed by atoms with E-state index in [2.05, 4.69) is 20.5 Å². The van der Waals surface area contributed by atoms with Gasteiger partial charge in [-0.15, -0.1) is 0 Å². The largest absolute Gasteiger partial charge is 0.339 e. The lowest BCUT2D eigenvalue weighted by atomic mass is 10.1. The molecule has 1 unspecified atom stereocenters. The number of aliphatic imine (C=N–C) groups is 1. The van der Waals surface area contributed by atoms with Gasteiger partial charge < -0.3 is 20.4 Å². The minimum Gasteiger partial charge on any atom is -0.339 e. The maximum absolute atomic E-state index is 13.3. The monoisotopic (exact) mass is 465 g/mol. The minimum atomic E-state index is -0.665. The van der Waals surface area contributed by atoms with Crippen molar-refractivity contribution in [2.45, 2.75) is 24.4 Å². The number of nitrogens with one attached hydrogen (secondary N) is 2. The van der Waals surface area contributed by atoms with Gasteiger partial charge in [-0.2, -0.15) is 0 Å². The number of benzene rings is 2. The molecule has 2 aromatic carbocycles. The first kappa shape index (κ1) is 24.0. The smallest absolute Gasteiger partial charge is 0.251 e. The molecular formula is C26H32FN5O2. The Morgan fingerprint density at radius 1 is 1.09 bits per heavy atom. The molecular weight excluding hydrogens is 433 g/mol. The van der Waals surface area contributed by atoms with Crippen LogP contribution in [-0.4, -0.2) is 86.7 Å². The molecule has 0 bridgehead atoms. The Bertz CT molecular complexity index is 1020. The minimum absolute atomic E-state index is 0.0670. The molecule has 34 heavy (non-hydrogen) atoms. The molecule has 2 aliphatic rings. The van der Waals surface area contributed by atoms with Crippen molar-refractivity contribution in [3.63, 3.8) is 0 Å². The maximum atomic E-state index is 13.3. The highest BCUT2D eigenvalue weighted by Gasteiger charge is 2.39. The molecule has 2 N–H and O–H groups in total. The van der Waals surface area contributed by atoms with Crippen LogP contribution >= 0.6 is 0 Å². The van der Waals surface area contributed by atoms with Crippen molar-refractivity contribution in [3.05, 3.63) is 71.0 Å². The summed E-state index contributed by atoms with van der Waals surface area (Å²) in [7, 11) is 3.74. The van der Waals surface area contributed by atoms with Crippen molar-refractivity contribution in [1.29, 1.82) is 0 Å². The second kappa shape index (κ2) is 10.9. The summed E-state index contributed by atoms with van der Waals surface area (Å²) in [5, 5.41) is 6.40. The number of likely N-dealkylation sites (N-methyl/N-ethyl adjacent to an activating group) is 1. The summed E-state index contributed by atoms with van der Waals surface area (Å²) in [6, 6.07) is 13.2. The van der Waals surface area contributed by atoms with Gasteiger partial charge in [-0.25, -0.2) is 4.39 Å². The maximum Gasteiger partial charge on any atom is 0.251 e. The number of hydrogen-bond acceptors (Lipinski definition) is 5. The Hall–Kier alpha value is -3.10. The average Bonchev–Trinajstić information content (AvgIpc) is 3.62. The molecule has 1 saturated carbocycles. The molecule has 0 radical (unpaired) electrons. The number of hydrogen-bond donors (Lipinski definition) is 2. The highest BCUT2D eigenvalue weighted by molar-refractivity contribution is 5.98. The van der Waals surface area contributed by atoms with Gasteiger partial charge in [0.1, 0.15) is 11.9 Å². The van der Waals surface area contributed by atoms with E-state index >= 15 is 0 Å². The fourth-order valence-corrected chi connectivity index (χ4v) is 4.33. The topological polar surface area (TPSA) is 77.0 Å². The van der Waals surface area contributed by atoms with Gasteiger partial charge in [-0.1, -0.05) is 24.3 Å². The highest BCUT2D eigenvalue weighted by atomic mass is 19.1. The molecule has 1 saturated heterocycles. The molecule has 3 atom stereocenters. The lowest BCUT2D eigenvalue weighted by Gasteiger charge is -2.35. The number of halogens is 1. The fraction of sp³-hybridized carbons (Fsp3) is 0.423. The molecule has 0 spiro atoms. The van der Waals surface area contributed by atoms with Crippen molar-refractivity contribution in [1.82, 2.24) is 20.4 Å². The van der Waals surface area contributed by atoms with E-state index in [0.29, 0.717) is 31.1 Å². The summed E-state index contributed by atoms with van der Waals surface area (Å²) in [6.07, 6.45) is 2.65. The van der Waals surface area contributed by atoms with Crippen molar-refractivity contribution in [2.75, 3.05) is 46.8 Å². The fourth-order valence-electron chi connectivity index (χ4n) is 4.33. The molecule has 0 aromatic heterocycles. The summed E-state index contributed by atoms with van der Waals surface area (Å²) >= 11 is 0. The first-order valence-electron chi connectivity index (χ1n) is 11.7. The van der Waals surface area contributed by atoms with E-state index in [4.69, 9.17) is 0 Å². The average molecular weight is 466 g/mol. The van der Waals surface area contributed by atoms with E-state index in [0.717, 1.165) is 30.6 Å². The van der Waals surface area contributed by atoms with Crippen LogP contribution in [0, 0.1) is 5.82 Å². The molecule has 2 aromatic rings. The summed E-state index contributed by atoms with van der Waals surface area (Å²) in [6.45, 7) is 3.27. The Kier molecular flexibility index (Phi) is 7.70. The Balaban J connectivity index is 1.40. The normalized spacial score (nSPS) is 21.4. The number of rotatable bonds is 8. The van der Waals surface area contributed by atoms with E-state index in [1.807, 2.05) is 36.2 Å². The van der Waals surface area contributed by atoms with Gasteiger partial charge in [0.05, 0.1) is 0 Å². The van der Waals surface area contributed by atoms with E-state index in [1.165, 1.54) is 12.1 Å². The van der Waals surface area contributed by atoms with Crippen molar-refractivity contribution >= 4 is 18.0 Å². The van der Waals surface area contributed by atoms with Gasteiger partial charge in [-0.3, -0.25) is 14.6 Å². The first-order valence-corrected chi connectivity index (χ1v) is 11.7. The van der Waals surface area contributed by atoms with E-state index in [-0.39, 0.29) is 23.7 Å². The molecule has 1 aliphatic carbocycles. The Morgan fingerprint density at radius 2 is 1.76 bits per heavy atom. The standard InChI is InChI=1S/C26H32FN5O2/c1-28-16-18-3-5-20(6-4-18)25(33)30-24(26(34)32-13-11-31(2)12-14-32)17-29-23-15-22(23)19-7-9-21(27)10-8-19/h3-10,16,22-24,29H,11-15,17H2,1-2H3,(H,30,33)/b28-16-/t22-,23+,24?/m0/s1. The van der Waals surface area contributed by atoms with E-state index in [9.17, 15) is 14.0 Å². The number of carbonyl (C=O) groups is 2. The van der Waals surface area contributed by atoms with Crippen molar-refractivity contribution in [3.8, 4) is 0 Å². The van der Waals surface area contributed by atoms with Crippen LogP contribution in [0.1, 0.15) is 33.8 Å². The van der Waals surface area contributed by atoms with Crippen molar-refractivity contribution in [2.24, 2.45) is 4.99 Å². The van der Waals surface area contributed by atoms with Crippen LogP contribution in [0.4, 0.5) is 4.39 Å². The molecule has 7 nitrogen and oxygen atoms in total. The molecule has 2 amide bonds. The zero-order chi connectivity index (χ0) is 24.1. The van der Waals surface area contributed by atoms with Gasteiger partial charge in [0.2, 0.25) is 5.91 Å². The molecule has 1 heterocycles. The second-order valence-electron chi connectivity index (χ2n) is 9.07. The van der Waals surface area contributed by atoms with Crippen molar-refractivity contribution < 1.29 is 14.0 Å². The molecule has 2 fully saturated rings. The third kappa shape index (κ3) is 6.07. The quantitative estimate of drug-likeness (QED) is 0.584. The van der Waals surface area contributed by atoms with Crippen LogP contribution < -0.4 is 10.6 Å². The Labute approximate surface area is 200 Å². The third-order valence-electron chi connectivity index (χ3n) is 6.54. The van der Waals surface area contributed by atoms with Gasteiger partial charge in [0.25, 0.3) is 5.91 Å². The van der Waals surface area contributed by atoms with Crippen LogP contribution in [0.25, 0.3) is 0 Å². The lowest BCUT2D eigenvalue weighted by Crippen LogP contribution is -2.57. The van der Waals surface area contributed by atoms with Crippen LogP contribution in [-0.2, 0) is 4.79 Å². The number of piperazine rings is 1. The first-order chi connectivity index (χ1) is 16.4. The van der Waals surface area contributed by atoms with Crippen LogP contribution in [0.2, 0.25) is 0 Å². The lowest BCUT2D eigenvalue weighted by molar-refractivity contribution is -0.134. The van der Waals surface area contributed by atoms with Crippen LogP contribution in [0.15, 0.2) is 53.5 Å². The van der Waals surface area contributed by atoms with E-state index in [1.54, 1.807) is 25.4 Å². The summed E-state index contributed by atoms with van der Waals surface area (Å²) in [5.41, 5.74) is 2.49. The number of nitrogens with zero attached hydrogens (tertiary/aromatic N) is 3. The third-order valence-corrected chi connectivity index (χ3v) is 6.54. The van der Waals surface area contributed by atoms with Gasteiger partial charge in [-0.05, 0) is 48.9 Å². The van der Waals surface area contributed by atoms with E-state index < -0.39 is 6.04 Å². The molecule has 4 rings (SSSR count). The zero-order valence-electron chi connectivity index (χ0n) is 19.7. The van der Waals surface area contributed by atoms with Gasteiger partial charge in [0, 0.05) is 63.5 Å². The molecule has 1 aliphatic heterocycles. The number of amides is 2. The molecule has 180 valence electrons. The summed E-state index contributed by atoms with van der Waals surface area (Å²) < 4.78 is 13.2. The number of carbonyl (C=O) groups excluding carboxylic acids is 2. The predicted molar refractivity (Wildman–Crippen MR) is 131 cm³/mol. The second-order valence-corrected chi connectivity index (χ2v) is 9.07. The van der Waals surface area contributed by atoms with Gasteiger partial charge in [0.15, 0.2) is 0 Å². The predicted octanol–water partition coefficient (Wildman–Crippen LogP) is 1.89. The molecule has 8 heteroatoms. The summed E-state index contributed by atoms with van der Waals surface area (Å²) in [5.74, 6) is -0.296. The summed E-state index contributed by atoms with van der Waals surface area (Å²) in [4.78, 5) is 34.3. The van der Waals surface area contributed by atoms with Crippen LogP contribution in [0.5, 0.6) is 0 Å². The van der Waals surface area contributed by atoms with Gasteiger partial charge >= 0.3 is 0 Å².